The molecule has 0 radical (unpaired) electrons. The zero-order valence-corrected chi connectivity index (χ0v) is 17.3. The van der Waals surface area contributed by atoms with Crippen LogP contribution in [0.25, 0.3) is 0 Å². The van der Waals surface area contributed by atoms with E-state index in [1.54, 1.807) is 0 Å². The van der Waals surface area contributed by atoms with Gasteiger partial charge in [-0.3, -0.25) is 28.9 Å². The second-order valence-electron chi connectivity index (χ2n) is 7.64. The van der Waals surface area contributed by atoms with Crippen LogP contribution in [0.3, 0.4) is 0 Å². The Balaban J connectivity index is 1.90. The molecule has 7 nitrogen and oxygen atoms in total. The number of Topliss-reactive ketones (excluding diaryl/α,β-unsaturated/α-hetero) is 2. The highest BCUT2D eigenvalue weighted by Crippen LogP contribution is 2.12. The zero-order chi connectivity index (χ0) is 21.5. The van der Waals surface area contributed by atoms with Gasteiger partial charge in [0.05, 0.1) is 0 Å². The minimum Gasteiger partial charge on any atom is -0.370 e. The van der Waals surface area contributed by atoms with Crippen LogP contribution in [0, 0.1) is 0 Å². The number of carbonyl (C=O) groups excluding carboxylic acids is 5. The van der Waals surface area contributed by atoms with Crippen molar-refractivity contribution in [1.82, 2.24) is 4.90 Å². The molecule has 0 aromatic heterocycles. The summed E-state index contributed by atoms with van der Waals surface area (Å²) in [4.78, 5) is 58.3. The number of carbonyl (C=O) groups is 5. The van der Waals surface area contributed by atoms with Gasteiger partial charge in [-0.25, -0.2) is 0 Å². The Kier molecular flexibility index (Phi) is 12.5. The number of hydrogen-bond donors (Lipinski definition) is 1. The highest BCUT2D eigenvalue weighted by molar-refractivity contribution is 6.12. The maximum Gasteiger partial charge on any atom is 0.253 e. The summed E-state index contributed by atoms with van der Waals surface area (Å²) in [5.74, 6) is -0.319. The van der Waals surface area contributed by atoms with Crippen molar-refractivity contribution in [3.63, 3.8) is 0 Å². The molecule has 0 aromatic rings. The first-order valence-corrected chi connectivity index (χ1v) is 10.8. The van der Waals surface area contributed by atoms with Crippen molar-refractivity contribution >= 4 is 29.3 Å². The molecule has 3 amide bonds. The van der Waals surface area contributed by atoms with Gasteiger partial charge in [-0.15, -0.1) is 0 Å². The Bertz CT molecular complexity index is 594. The van der Waals surface area contributed by atoms with Crippen LogP contribution in [-0.2, 0) is 24.0 Å². The van der Waals surface area contributed by atoms with E-state index in [1.165, 1.54) is 17.1 Å². The molecule has 1 rings (SSSR count). The van der Waals surface area contributed by atoms with Gasteiger partial charge in [0, 0.05) is 50.8 Å². The largest absolute Gasteiger partial charge is 0.370 e. The molecule has 0 aliphatic carbocycles. The highest BCUT2D eigenvalue weighted by atomic mass is 16.2. The molecule has 0 unspecified atom stereocenters. The van der Waals surface area contributed by atoms with Gasteiger partial charge in [-0.1, -0.05) is 19.3 Å². The molecule has 29 heavy (non-hydrogen) atoms. The normalized spacial score (nSPS) is 13.3. The van der Waals surface area contributed by atoms with Crippen molar-refractivity contribution < 1.29 is 24.0 Å². The average Bonchev–Trinajstić information content (AvgIpc) is 2.98. The van der Waals surface area contributed by atoms with Gasteiger partial charge in [0.15, 0.2) is 0 Å². The summed E-state index contributed by atoms with van der Waals surface area (Å²) in [5, 5.41) is 0. The van der Waals surface area contributed by atoms with Crippen LogP contribution in [0.2, 0.25) is 0 Å². The van der Waals surface area contributed by atoms with Gasteiger partial charge in [-0.05, 0) is 38.5 Å². The number of unbranched alkanes of at least 4 members (excludes halogenated alkanes) is 6. The Morgan fingerprint density at radius 3 is 1.41 bits per heavy atom. The highest BCUT2D eigenvalue weighted by Gasteiger charge is 2.22. The van der Waals surface area contributed by atoms with Crippen LogP contribution >= 0.6 is 0 Å². The van der Waals surface area contributed by atoms with Crippen LogP contribution in [0.15, 0.2) is 12.2 Å². The number of hydrogen-bond acceptors (Lipinski definition) is 5. The predicted octanol–water partition coefficient (Wildman–Crippen LogP) is 3.00. The number of nitrogens with two attached hydrogens (primary N) is 1. The number of ketones is 2. The molecule has 1 aliphatic rings. The number of amides is 3. The fourth-order valence-corrected chi connectivity index (χ4v) is 3.29. The van der Waals surface area contributed by atoms with Crippen molar-refractivity contribution in [1.29, 1.82) is 0 Å². The van der Waals surface area contributed by atoms with Gasteiger partial charge in [0.25, 0.3) is 11.8 Å². The summed E-state index contributed by atoms with van der Waals surface area (Å²) < 4.78 is 0. The first kappa shape index (κ1) is 24.7. The van der Waals surface area contributed by atoms with E-state index in [0.29, 0.717) is 38.6 Å². The maximum atomic E-state index is 11.9. The average molecular weight is 407 g/mol. The van der Waals surface area contributed by atoms with Crippen molar-refractivity contribution in [2.75, 3.05) is 6.54 Å². The van der Waals surface area contributed by atoms with E-state index in [0.717, 1.165) is 57.8 Å². The van der Waals surface area contributed by atoms with Gasteiger partial charge >= 0.3 is 0 Å². The summed E-state index contributed by atoms with van der Waals surface area (Å²) in [7, 11) is 0. The second kappa shape index (κ2) is 14.7. The maximum absolute atomic E-state index is 11.9. The molecule has 162 valence electrons. The standard InChI is InChI=1S/C22H34N2O5/c23-20(27)14-8-2-6-12-18(25)10-4-1-5-11-19(26)13-7-3-9-17-24-21(28)15-16-22(24)29/h15-16H,1-14,17H2,(H2,23,27). The topological polar surface area (TPSA) is 115 Å². The Hall–Kier alpha value is -2.31. The third-order valence-electron chi connectivity index (χ3n) is 5.03. The van der Waals surface area contributed by atoms with Crippen molar-refractivity contribution in [2.24, 2.45) is 5.73 Å². The van der Waals surface area contributed by atoms with E-state index in [4.69, 9.17) is 5.73 Å². The molecule has 0 saturated carbocycles. The van der Waals surface area contributed by atoms with Gasteiger partial charge in [0.1, 0.15) is 11.6 Å². The van der Waals surface area contributed by atoms with Gasteiger partial charge in [0.2, 0.25) is 5.91 Å². The fourth-order valence-electron chi connectivity index (χ4n) is 3.29. The number of nitrogens with zero attached hydrogens (tertiary/aromatic N) is 1. The lowest BCUT2D eigenvalue weighted by molar-refractivity contribution is -0.137. The first-order valence-electron chi connectivity index (χ1n) is 10.8. The minimum absolute atomic E-state index is 0.237. The molecule has 2 N–H and O–H groups in total. The molecule has 0 atom stereocenters. The molecule has 0 saturated heterocycles. The number of primary amides is 1. The number of imide groups is 1. The van der Waals surface area contributed by atoms with Crippen LogP contribution in [0.5, 0.6) is 0 Å². The Morgan fingerprint density at radius 2 is 1.00 bits per heavy atom. The third kappa shape index (κ3) is 12.0. The van der Waals surface area contributed by atoms with E-state index >= 15 is 0 Å². The summed E-state index contributed by atoms with van der Waals surface area (Å²) in [6.07, 6.45) is 12.4. The van der Waals surface area contributed by atoms with Crippen molar-refractivity contribution in [3.05, 3.63) is 12.2 Å². The van der Waals surface area contributed by atoms with Gasteiger partial charge < -0.3 is 5.73 Å². The van der Waals surface area contributed by atoms with Crippen LogP contribution in [-0.4, -0.2) is 40.7 Å². The SMILES string of the molecule is NC(=O)CCCCCC(=O)CCCCCC(=O)CCCCCN1C(=O)C=CC1=O. The Morgan fingerprint density at radius 1 is 0.621 bits per heavy atom. The third-order valence-corrected chi connectivity index (χ3v) is 5.03. The fraction of sp³-hybridized carbons (Fsp3) is 0.682. The Labute approximate surface area is 173 Å². The summed E-state index contributed by atoms with van der Waals surface area (Å²) >= 11 is 0. The zero-order valence-electron chi connectivity index (χ0n) is 17.3. The summed E-state index contributed by atoms with van der Waals surface area (Å²) in [6, 6.07) is 0. The van der Waals surface area contributed by atoms with Crippen LogP contribution in [0.4, 0.5) is 0 Å². The predicted molar refractivity (Wildman–Crippen MR) is 110 cm³/mol. The lowest BCUT2D eigenvalue weighted by Gasteiger charge is -2.12. The second-order valence-corrected chi connectivity index (χ2v) is 7.64. The molecule has 0 aromatic carbocycles. The van der Waals surface area contributed by atoms with E-state index in [9.17, 15) is 24.0 Å². The molecular formula is C22H34N2O5. The van der Waals surface area contributed by atoms with E-state index in [-0.39, 0.29) is 29.3 Å². The molecule has 1 aliphatic heterocycles. The molecular weight excluding hydrogens is 372 g/mol. The lowest BCUT2D eigenvalue weighted by Crippen LogP contribution is -2.30. The monoisotopic (exact) mass is 406 g/mol. The first-order chi connectivity index (χ1) is 13.9. The van der Waals surface area contributed by atoms with E-state index in [2.05, 4.69) is 0 Å². The van der Waals surface area contributed by atoms with Crippen molar-refractivity contribution in [2.45, 2.75) is 89.9 Å². The molecule has 1 heterocycles. The van der Waals surface area contributed by atoms with Crippen LogP contribution < -0.4 is 5.73 Å². The van der Waals surface area contributed by atoms with Gasteiger partial charge in [-0.2, -0.15) is 0 Å². The van der Waals surface area contributed by atoms with E-state index in [1.807, 2.05) is 0 Å². The quantitative estimate of drug-likeness (QED) is 0.277. The lowest BCUT2D eigenvalue weighted by atomic mass is 10.0. The summed E-state index contributed by atoms with van der Waals surface area (Å²) in [5.41, 5.74) is 5.07. The molecule has 0 bridgehead atoms. The molecule has 7 heteroatoms. The number of rotatable bonds is 18. The minimum atomic E-state index is -0.293. The van der Waals surface area contributed by atoms with Crippen LogP contribution in [0.1, 0.15) is 89.9 Å². The molecule has 0 spiro atoms. The summed E-state index contributed by atoms with van der Waals surface area (Å²) in [6.45, 7) is 0.415. The smallest absolute Gasteiger partial charge is 0.253 e. The van der Waals surface area contributed by atoms with Crippen molar-refractivity contribution in [3.8, 4) is 0 Å². The molecule has 0 fully saturated rings. The van der Waals surface area contributed by atoms with E-state index < -0.39 is 0 Å².